The lowest BCUT2D eigenvalue weighted by molar-refractivity contribution is -0.117. The number of anilines is 1. The predicted octanol–water partition coefficient (Wildman–Crippen LogP) is 4.31. The van der Waals surface area contributed by atoms with Crippen LogP contribution in [0.2, 0.25) is 0 Å². The number of carbonyl (C=O) groups is 1. The van der Waals surface area contributed by atoms with E-state index in [1.807, 2.05) is 91.0 Å². The number of rotatable bonds is 3. The second-order valence-corrected chi connectivity index (χ2v) is 7.68. The Morgan fingerprint density at radius 2 is 1.62 bits per heavy atom. The maximum absolute atomic E-state index is 12.9. The van der Waals surface area contributed by atoms with E-state index in [1.165, 1.54) is 0 Å². The Balaban J connectivity index is 1.48. The van der Waals surface area contributed by atoms with Crippen LogP contribution in [-0.4, -0.2) is 29.7 Å². The standard InChI is InChI=1S/C27H21N5O2/c28-24(20-15-8-12-17-9-4-5-13-19(17)20)34-27(29)32-25-26(33)30-22-16-7-6-14-21(22)23(31-25)18-10-2-1-3-11-18/h1-16,25,28H,(H2,29,32)(H,30,33). The number of fused-ring (bicyclic) bond motifs is 2. The molecule has 0 radical (unpaired) electrons. The van der Waals surface area contributed by atoms with Gasteiger partial charge in [-0.25, -0.2) is 4.99 Å². The van der Waals surface area contributed by atoms with Crippen LogP contribution in [0, 0.1) is 5.41 Å². The molecule has 0 saturated heterocycles. The lowest BCUT2D eigenvalue weighted by atomic mass is 10.0. The summed E-state index contributed by atoms with van der Waals surface area (Å²) >= 11 is 0. The number of aliphatic imine (C=N–C) groups is 2. The van der Waals surface area contributed by atoms with Crippen LogP contribution in [0.3, 0.4) is 0 Å². The van der Waals surface area contributed by atoms with Gasteiger partial charge in [0.05, 0.1) is 11.4 Å². The molecule has 5 rings (SSSR count). The number of carbonyl (C=O) groups excluding carboxylic acids is 1. The molecule has 166 valence electrons. The summed E-state index contributed by atoms with van der Waals surface area (Å²) in [6.07, 6.45) is -1.18. The van der Waals surface area contributed by atoms with Crippen molar-refractivity contribution in [3.63, 3.8) is 0 Å². The smallest absolute Gasteiger partial charge is 0.291 e. The van der Waals surface area contributed by atoms with Crippen LogP contribution in [0.25, 0.3) is 10.8 Å². The van der Waals surface area contributed by atoms with E-state index in [4.69, 9.17) is 15.9 Å². The third kappa shape index (κ3) is 4.14. The number of benzene rings is 4. The molecule has 4 aromatic carbocycles. The van der Waals surface area contributed by atoms with Crippen LogP contribution in [0.4, 0.5) is 5.69 Å². The number of amides is 1. The summed E-state index contributed by atoms with van der Waals surface area (Å²) in [5.74, 6) is -0.607. The van der Waals surface area contributed by atoms with Crippen LogP contribution >= 0.6 is 0 Å². The van der Waals surface area contributed by atoms with Crippen LogP contribution in [0.1, 0.15) is 16.7 Å². The minimum Gasteiger partial charge on any atom is -0.407 e. The number of amidine groups is 1. The van der Waals surface area contributed by atoms with E-state index in [9.17, 15) is 4.79 Å². The quantitative estimate of drug-likeness (QED) is 0.321. The van der Waals surface area contributed by atoms with E-state index in [-0.39, 0.29) is 11.9 Å². The first kappa shape index (κ1) is 21.1. The number of nitrogens with zero attached hydrogens (tertiary/aromatic N) is 2. The van der Waals surface area contributed by atoms with Gasteiger partial charge in [0.15, 0.2) is 0 Å². The largest absolute Gasteiger partial charge is 0.407 e. The zero-order chi connectivity index (χ0) is 23.5. The van der Waals surface area contributed by atoms with Crippen molar-refractivity contribution in [3.8, 4) is 0 Å². The molecule has 0 aliphatic carbocycles. The van der Waals surface area contributed by atoms with Crippen molar-refractivity contribution in [1.82, 2.24) is 0 Å². The van der Waals surface area contributed by atoms with Gasteiger partial charge in [0.2, 0.25) is 12.1 Å². The first-order chi connectivity index (χ1) is 16.6. The van der Waals surface area contributed by atoms with Gasteiger partial charge >= 0.3 is 0 Å². The fourth-order valence-electron chi connectivity index (χ4n) is 3.89. The molecule has 0 bridgehead atoms. The maximum Gasteiger partial charge on any atom is 0.291 e. The number of nitrogens with one attached hydrogen (secondary N) is 2. The highest BCUT2D eigenvalue weighted by Gasteiger charge is 2.26. The number of ether oxygens (including phenoxy) is 1. The molecule has 34 heavy (non-hydrogen) atoms. The van der Waals surface area contributed by atoms with Gasteiger partial charge in [-0.2, -0.15) is 4.99 Å². The molecule has 0 spiro atoms. The Labute approximate surface area is 196 Å². The number of hydrogen-bond donors (Lipinski definition) is 3. The Kier molecular flexibility index (Phi) is 5.58. The van der Waals surface area contributed by atoms with E-state index in [1.54, 1.807) is 6.07 Å². The first-order valence-electron chi connectivity index (χ1n) is 10.7. The molecule has 0 aromatic heterocycles. The van der Waals surface area contributed by atoms with Gasteiger partial charge in [0.25, 0.3) is 11.9 Å². The van der Waals surface area contributed by atoms with Gasteiger partial charge < -0.3 is 15.8 Å². The molecule has 1 amide bonds. The molecule has 1 aliphatic heterocycles. The summed E-state index contributed by atoms with van der Waals surface area (Å²) in [4.78, 5) is 21.8. The van der Waals surface area contributed by atoms with E-state index in [2.05, 4.69) is 15.3 Å². The van der Waals surface area contributed by atoms with E-state index < -0.39 is 12.1 Å². The second kappa shape index (κ2) is 8.99. The van der Waals surface area contributed by atoms with Crippen molar-refractivity contribution < 1.29 is 9.53 Å². The van der Waals surface area contributed by atoms with Crippen molar-refractivity contribution >= 4 is 40.0 Å². The summed E-state index contributed by atoms with van der Waals surface area (Å²) in [7, 11) is 0. The van der Waals surface area contributed by atoms with Crippen molar-refractivity contribution in [1.29, 1.82) is 5.41 Å². The van der Waals surface area contributed by atoms with E-state index >= 15 is 0 Å². The van der Waals surface area contributed by atoms with Crippen LogP contribution in [0.15, 0.2) is 107 Å². The minimum absolute atomic E-state index is 0.164. The number of nitrogens with two attached hydrogens (primary N) is 1. The summed E-state index contributed by atoms with van der Waals surface area (Å²) in [5, 5.41) is 13.1. The minimum atomic E-state index is -1.18. The first-order valence-corrected chi connectivity index (χ1v) is 10.7. The van der Waals surface area contributed by atoms with Gasteiger partial charge in [0.1, 0.15) is 0 Å². The van der Waals surface area contributed by atoms with Gasteiger partial charge in [-0.1, -0.05) is 84.9 Å². The Morgan fingerprint density at radius 1 is 0.912 bits per heavy atom. The fraction of sp³-hybridized carbons (Fsp3) is 0.0370. The lowest BCUT2D eigenvalue weighted by Crippen LogP contribution is -2.29. The predicted molar refractivity (Wildman–Crippen MR) is 134 cm³/mol. The molecule has 1 unspecified atom stereocenters. The summed E-state index contributed by atoms with van der Waals surface area (Å²) < 4.78 is 5.52. The molecule has 0 saturated carbocycles. The Hall–Kier alpha value is -4.78. The normalized spacial score (nSPS) is 15.6. The van der Waals surface area contributed by atoms with Crippen LogP contribution in [0.5, 0.6) is 0 Å². The monoisotopic (exact) mass is 447 g/mol. The zero-order valence-electron chi connectivity index (χ0n) is 18.1. The molecular weight excluding hydrogens is 426 g/mol. The third-order valence-electron chi connectivity index (χ3n) is 5.46. The van der Waals surface area contributed by atoms with E-state index in [0.717, 1.165) is 21.9 Å². The highest BCUT2D eigenvalue weighted by atomic mass is 16.5. The SMILES string of the molecule is N=C(O/C(N)=N/C1N=C(c2ccccc2)c2ccccc2NC1=O)c1cccc2ccccc12. The topological polar surface area (TPSA) is 113 Å². The third-order valence-corrected chi connectivity index (χ3v) is 5.46. The second-order valence-electron chi connectivity index (χ2n) is 7.68. The average molecular weight is 447 g/mol. The van der Waals surface area contributed by atoms with Crippen molar-refractivity contribution in [2.24, 2.45) is 15.7 Å². The highest BCUT2D eigenvalue weighted by Crippen LogP contribution is 2.24. The van der Waals surface area contributed by atoms with Crippen molar-refractivity contribution in [3.05, 3.63) is 114 Å². The molecule has 1 aliphatic rings. The van der Waals surface area contributed by atoms with Gasteiger partial charge in [-0.3, -0.25) is 10.2 Å². The summed E-state index contributed by atoms with van der Waals surface area (Å²) in [5.41, 5.74) is 9.47. The highest BCUT2D eigenvalue weighted by molar-refractivity contribution is 6.19. The van der Waals surface area contributed by atoms with Gasteiger partial charge in [-0.05, 0) is 22.9 Å². The fourth-order valence-corrected chi connectivity index (χ4v) is 3.89. The molecule has 0 fully saturated rings. The molecule has 1 atom stereocenters. The summed E-state index contributed by atoms with van der Waals surface area (Å²) in [6, 6.07) is 29.9. The molecule has 7 heteroatoms. The average Bonchev–Trinajstić information content (AvgIpc) is 3.00. The molecule has 4 N–H and O–H groups in total. The zero-order valence-corrected chi connectivity index (χ0v) is 18.1. The maximum atomic E-state index is 12.9. The Bertz CT molecular complexity index is 1460. The number of benzodiazepines with no additional fused rings is 1. The number of para-hydroxylation sites is 1. The molecular formula is C27H21N5O2. The van der Waals surface area contributed by atoms with Crippen LogP contribution < -0.4 is 11.1 Å². The molecule has 7 nitrogen and oxygen atoms in total. The van der Waals surface area contributed by atoms with Crippen molar-refractivity contribution in [2.45, 2.75) is 6.17 Å². The molecule has 1 heterocycles. The molecule has 4 aromatic rings. The van der Waals surface area contributed by atoms with Gasteiger partial charge in [0, 0.05) is 16.7 Å². The summed E-state index contributed by atoms with van der Waals surface area (Å²) in [6.45, 7) is 0. The Morgan fingerprint density at radius 3 is 2.47 bits per heavy atom. The van der Waals surface area contributed by atoms with Crippen LogP contribution in [-0.2, 0) is 9.53 Å². The van der Waals surface area contributed by atoms with E-state index in [0.29, 0.717) is 17.0 Å². The van der Waals surface area contributed by atoms with Gasteiger partial charge in [-0.15, -0.1) is 0 Å². The lowest BCUT2D eigenvalue weighted by Gasteiger charge is -2.11. The van der Waals surface area contributed by atoms with Crippen molar-refractivity contribution in [2.75, 3.05) is 5.32 Å². The number of hydrogen-bond acceptors (Lipinski definition) is 5.